The molecule has 68 valence electrons. The van der Waals surface area contributed by atoms with E-state index in [1.54, 1.807) is 0 Å². The monoisotopic (exact) mass is 174 g/mol. The third kappa shape index (κ3) is 1.57. The fourth-order valence-electron chi connectivity index (χ4n) is 1.99. The molecule has 0 heterocycles. The van der Waals surface area contributed by atoms with Crippen LogP contribution in [0.2, 0.25) is 0 Å². The van der Waals surface area contributed by atoms with Gasteiger partial charge in [-0.05, 0) is 30.4 Å². The van der Waals surface area contributed by atoms with Crippen molar-refractivity contribution in [3.05, 3.63) is 35.4 Å². The number of hydrogen-bond donors (Lipinski definition) is 1. The van der Waals surface area contributed by atoms with Gasteiger partial charge in [-0.2, -0.15) is 0 Å². The van der Waals surface area contributed by atoms with E-state index in [0.717, 1.165) is 6.42 Å². The van der Waals surface area contributed by atoms with Crippen molar-refractivity contribution in [1.82, 2.24) is 0 Å². The van der Waals surface area contributed by atoms with Gasteiger partial charge >= 0.3 is 0 Å². The molecular weight excluding hydrogens is 160 g/mol. The molecular formula is C11H14N2. The van der Waals surface area contributed by atoms with E-state index in [1.165, 1.54) is 30.3 Å². The summed E-state index contributed by atoms with van der Waals surface area (Å²) in [5, 5.41) is 0. The van der Waals surface area contributed by atoms with E-state index in [0.29, 0.717) is 6.04 Å². The van der Waals surface area contributed by atoms with Gasteiger partial charge in [-0.3, -0.25) is 4.99 Å². The van der Waals surface area contributed by atoms with Crippen LogP contribution in [0.25, 0.3) is 0 Å². The minimum atomic E-state index is 0.301. The van der Waals surface area contributed by atoms with Crippen LogP contribution in [0, 0.1) is 0 Å². The molecule has 0 aromatic heterocycles. The maximum Gasteiger partial charge on any atom is 0.0805 e. The highest BCUT2D eigenvalue weighted by Gasteiger charge is 2.17. The zero-order valence-corrected chi connectivity index (χ0v) is 7.61. The molecule has 0 amide bonds. The van der Waals surface area contributed by atoms with Crippen molar-refractivity contribution in [2.75, 3.05) is 0 Å². The Bertz CT molecular complexity index is 318. The Morgan fingerprint density at radius 3 is 3.08 bits per heavy atom. The molecule has 1 atom stereocenters. The highest BCUT2D eigenvalue weighted by atomic mass is 14.8. The highest BCUT2D eigenvalue weighted by Crippen LogP contribution is 2.31. The molecule has 0 spiro atoms. The van der Waals surface area contributed by atoms with Gasteiger partial charge < -0.3 is 5.73 Å². The largest absolute Gasteiger partial charge is 0.390 e. The Morgan fingerprint density at radius 1 is 1.38 bits per heavy atom. The number of aliphatic imine (C=N–C) groups is 1. The molecule has 1 aromatic rings. The van der Waals surface area contributed by atoms with Crippen molar-refractivity contribution < 1.29 is 0 Å². The van der Waals surface area contributed by atoms with E-state index >= 15 is 0 Å². The molecule has 0 fully saturated rings. The number of nitrogens with two attached hydrogens (primary N) is 1. The lowest BCUT2D eigenvalue weighted by atomic mass is 9.88. The summed E-state index contributed by atoms with van der Waals surface area (Å²) in [6.07, 6.45) is 4.96. The summed E-state index contributed by atoms with van der Waals surface area (Å²) in [5.41, 5.74) is 8.12. The Hall–Kier alpha value is -1.31. The van der Waals surface area contributed by atoms with E-state index < -0.39 is 0 Å². The van der Waals surface area contributed by atoms with Crippen LogP contribution < -0.4 is 5.73 Å². The van der Waals surface area contributed by atoms with Gasteiger partial charge in [-0.25, -0.2) is 0 Å². The lowest BCUT2D eigenvalue weighted by molar-refractivity contribution is 0.574. The van der Waals surface area contributed by atoms with Crippen LogP contribution in [0.15, 0.2) is 29.3 Å². The molecule has 1 aliphatic rings. The van der Waals surface area contributed by atoms with Crippen molar-refractivity contribution in [2.24, 2.45) is 10.7 Å². The minimum absolute atomic E-state index is 0.301. The van der Waals surface area contributed by atoms with Gasteiger partial charge in [0.05, 0.1) is 12.4 Å². The summed E-state index contributed by atoms with van der Waals surface area (Å²) in [5.74, 6) is 0. The van der Waals surface area contributed by atoms with Crippen molar-refractivity contribution >= 4 is 6.34 Å². The molecule has 2 N–H and O–H groups in total. The Kier molecular flexibility index (Phi) is 2.30. The number of benzene rings is 1. The molecule has 1 aliphatic carbocycles. The van der Waals surface area contributed by atoms with E-state index in [2.05, 4.69) is 29.3 Å². The van der Waals surface area contributed by atoms with Crippen LogP contribution in [0.5, 0.6) is 0 Å². The first-order valence-corrected chi connectivity index (χ1v) is 4.73. The number of nitrogens with zero attached hydrogens (tertiary/aromatic N) is 1. The Labute approximate surface area is 78.5 Å². The minimum Gasteiger partial charge on any atom is -0.390 e. The standard InChI is InChI=1S/C11H14N2/c12-8-13-11-7-3-5-9-4-1-2-6-10(9)11/h1-2,4,6,8,11H,3,5,7H2,(H2,12,13). The summed E-state index contributed by atoms with van der Waals surface area (Å²) in [7, 11) is 0. The van der Waals surface area contributed by atoms with Crippen molar-refractivity contribution in [3.8, 4) is 0 Å². The Balaban J connectivity index is 2.36. The van der Waals surface area contributed by atoms with Gasteiger partial charge in [0, 0.05) is 0 Å². The van der Waals surface area contributed by atoms with Gasteiger partial charge in [0.2, 0.25) is 0 Å². The molecule has 0 saturated carbocycles. The zero-order chi connectivity index (χ0) is 9.10. The van der Waals surface area contributed by atoms with Gasteiger partial charge in [-0.1, -0.05) is 24.3 Å². The summed E-state index contributed by atoms with van der Waals surface area (Å²) < 4.78 is 0. The first-order valence-electron chi connectivity index (χ1n) is 4.73. The Morgan fingerprint density at radius 2 is 2.23 bits per heavy atom. The van der Waals surface area contributed by atoms with E-state index in [9.17, 15) is 0 Å². The van der Waals surface area contributed by atoms with Crippen molar-refractivity contribution in [3.63, 3.8) is 0 Å². The normalized spacial score (nSPS) is 21.7. The van der Waals surface area contributed by atoms with Gasteiger partial charge in [-0.15, -0.1) is 0 Å². The average molecular weight is 174 g/mol. The topological polar surface area (TPSA) is 38.4 Å². The number of fused-ring (bicyclic) bond motifs is 1. The second kappa shape index (κ2) is 3.60. The van der Waals surface area contributed by atoms with Crippen LogP contribution in [0.3, 0.4) is 0 Å². The smallest absolute Gasteiger partial charge is 0.0805 e. The summed E-state index contributed by atoms with van der Waals surface area (Å²) in [6.45, 7) is 0. The van der Waals surface area contributed by atoms with Crippen LogP contribution in [-0.2, 0) is 6.42 Å². The second-order valence-electron chi connectivity index (χ2n) is 3.40. The maximum atomic E-state index is 5.32. The molecule has 0 radical (unpaired) electrons. The molecule has 0 saturated heterocycles. The predicted octanol–water partition coefficient (Wildman–Crippen LogP) is 2.05. The first-order chi connectivity index (χ1) is 6.42. The van der Waals surface area contributed by atoms with Crippen molar-refractivity contribution in [1.29, 1.82) is 0 Å². The van der Waals surface area contributed by atoms with Crippen LogP contribution in [0.4, 0.5) is 0 Å². The fourth-order valence-corrected chi connectivity index (χ4v) is 1.99. The number of aryl methyl sites for hydroxylation is 1. The number of hydrogen-bond acceptors (Lipinski definition) is 1. The molecule has 1 unspecified atom stereocenters. The summed E-state index contributed by atoms with van der Waals surface area (Å²) in [6, 6.07) is 8.81. The van der Waals surface area contributed by atoms with E-state index in [1.807, 2.05) is 0 Å². The lowest BCUT2D eigenvalue weighted by Gasteiger charge is -2.21. The molecule has 1 aromatic carbocycles. The predicted molar refractivity (Wildman–Crippen MR) is 54.8 cm³/mol. The summed E-state index contributed by atoms with van der Waals surface area (Å²) in [4.78, 5) is 4.28. The maximum absolute atomic E-state index is 5.32. The van der Waals surface area contributed by atoms with E-state index in [4.69, 9.17) is 5.73 Å². The third-order valence-corrected chi connectivity index (χ3v) is 2.60. The quantitative estimate of drug-likeness (QED) is 0.513. The van der Waals surface area contributed by atoms with Crippen LogP contribution >= 0.6 is 0 Å². The third-order valence-electron chi connectivity index (χ3n) is 2.60. The first kappa shape index (κ1) is 8.30. The van der Waals surface area contributed by atoms with Crippen LogP contribution in [0.1, 0.15) is 30.0 Å². The van der Waals surface area contributed by atoms with Crippen molar-refractivity contribution in [2.45, 2.75) is 25.3 Å². The van der Waals surface area contributed by atoms with E-state index in [-0.39, 0.29) is 0 Å². The lowest BCUT2D eigenvalue weighted by Crippen LogP contribution is -2.08. The average Bonchev–Trinajstić information content (AvgIpc) is 2.19. The molecule has 0 bridgehead atoms. The highest BCUT2D eigenvalue weighted by molar-refractivity contribution is 5.52. The molecule has 0 aliphatic heterocycles. The molecule has 2 nitrogen and oxygen atoms in total. The molecule has 2 rings (SSSR count). The van der Waals surface area contributed by atoms with Gasteiger partial charge in [0.25, 0.3) is 0 Å². The fraction of sp³-hybridized carbons (Fsp3) is 0.364. The number of rotatable bonds is 1. The van der Waals surface area contributed by atoms with Gasteiger partial charge in [0.1, 0.15) is 0 Å². The second-order valence-corrected chi connectivity index (χ2v) is 3.40. The summed E-state index contributed by atoms with van der Waals surface area (Å²) >= 11 is 0. The SMILES string of the molecule is NC=NC1CCCc2ccccc21. The van der Waals surface area contributed by atoms with Gasteiger partial charge in [0.15, 0.2) is 0 Å². The zero-order valence-electron chi connectivity index (χ0n) is 7.61. The van der Waals surface area contributed by atoms with Crippen LogP contribution in [-0.4, -0.2) is 6.34 Å². The molecule has 13 heavy (non-hydrogen) atoms. The molecule has 2 heteroatoms.